The summed E-state index contributed by atoms with van der Waals surface area (Å²) in [6, 6.07) is 5.02. The highest BCUT2D eigenvalue weighted by Gasteiger charge is 2.22. The third kappa shape index (κ3) is 4.38. The molecule has 1 aliphatic rings. The van der Waals surface area contributed by atoms with E-state index < -0.39 is 5.95 Å². The zero-order valence-electron chi connectivity index (χ0n) is 9.58. The van der Waals surface area contributed by atoms with Crippen LogP contribution in [-0.2, 0) is 4.79 Å². The van der Waals surface area contributed by atoms with E-state index in [9.17, 15) is 9.18 Å². The van der Waals surface area contributed by atoms with Gasteiger partial charge in [0.25, 0.3) is 0 Å². The molecule has 0 radical (unpaired) electrons. The second kappa shape index (κ2) is 5.61. The van der Waals surface area contributed by atoms with E-state index in [0.29, 0.717) is 24.8 Å². The van der Waals surface area contributed by atoms with Gasteiger partial charge < -0.3 is 10.6 Å². The summed E-state index contributed by atoms with van der Waals surface area (Å²) in [5.41, 5.74) is 0. The number of carbonyl (C=O) groups excluding carboxylic acids is 1. The Hall–Kier alpha value is -1.65. The van der Waals surface area contributed by atoms with Gasteiger partial charge in [-0.15, -0.1) is 0 Å². The third-order valence-electron chi connectivity index (χ3n) is 2.54. The Morgan fingerprint density at radius 1 is 1.47 bits per heavy atom. The molecule has 5 heteroatoms. The minimum atomic E-state index is -0.499. The van der Waals surface area contributed by atoms with Gasteiger partial charge in [0.2, 0.25) is 11.9 Å². The van der Waals surface area contributed by atoms with Gasteiger partial charge in [0.15, 0.2) is 0 Å². The van der Waals surface area contributed by atoms with Crippen molar-refractivity contribution in [2.24, 2.45) is 0 Å². The van der Waals surface area contributed by atoms with Crippen LogP contribution in [0.25, 0.3) is 0 Å². The second-order valence-corrected chi connectivity index (χ2v) is 4.22. The number of nitrogens with zero attached hydrogens (tertiary/aromatic N) is 1. The molecule has 4 nitrogen and oxygen atoms in total. The van der Waals surface area contributed by atoms with Gasteiger partial charge in [-0.25, -0.2) is 4.98 Å². The lowest BCUT2D eigenvalue weighted by molar-refractivity contribution is -0.121. The van der Waals surface area contributed by atoms with E-state index in [1.165, 1.54) is 6.07 Å². The van der Waals surface area contributed by atoms with E-state index >= 15 is 0 Å². The lowest BCUT2D eigenvalue weighted by Crippen LogP contribution is -2.25. The molecule has 1 aromatic heterocycles. The molecular formula is C12H16FN3O. The van der Waals surface area contributed by atoms with Gasteiger partial charge in [-0.3, -0.25) is 4.79 Å². The molecule has 0 aromatic carbocycles. The van der Waals surface area contributed by atoms with Crippen molar-refractivity contribution < 1.29 is 9.18 Å². The molecule has 0 atom stereocenters. The Morgan fingerprint density at radius 2 is 2.29 bits per heavy atom. The number of nitrogens with one attached hydrogen (secondary N) is 2. The van der Waals surface area contributed by atoms with E-state index in [4.69, 9.17) is 0 Å². The summed E-state index contributed by atoms with van der Waals surface area (Å²) in [5.74, 6) is 0.107. The van der Waals surface area contributed by atoms with Crippen LogP contribution in [0, 0.1) is 5.95 Å². The van der Waals surface area contributed by atoms with E-state index in [2.05, 4.69) is 15.6 Å². The predicted octanol–water partition coefficient (Wildman–Crippen LogP) is 1.69. The van der Waals surface area contributed by atoms with Crippen LogP contribution in [0.2, 0.25) is 0 Å². The van der Waals surface area contributed by atoms with Crippen molar-refractivity contribution >= 4 is 11.7 Å². The molecule has 1 amide bonds. The Balaban J connectivity index is 1.60. The van der Waals surface area contributed by atoms with Crippen molar-refractivity contribution in [3.63, 3.8) is 0 Å². The van der Waals surface area contributed by atoms with Crippen LogP contribution in [0.15, 0.2) is 18.2 Å². The van der Waals surface area contributed by atoms with E-state index in [1.54, 1.807) is 12.1 Å². The number of pyridine rings is 1. The summed E-state index contributed by atoms with van der Waals surface area (Å²) in [5, 5.41) is 5.90. The van der Waals surface area contributed by atoms with Crippen LogP contribution in [0.1, 0.15) is 25.7 Å². The highest BCUT2D eigenvalue weighted by Crippen LogP contribution is 2.18. The molecule has 1 saturated carbocycles. The Bertz CT molecular complexity index is 393. The smallest absolute Gasteiger partial charge is 0.220 e. The van der Waals surface area contributed by atoms with Gasteiger partial charge in [-0.1, -0.05) is 6.07 Å². The molecule has 0 aliphatic heterocycles. The average Bonchev–Trinajstić information content (AvgIpc) is 3.08. The number of aromatic nitrogens is 1. The fraction of sp³-hybridized carbons (Fsp3) is 0.500. The second-order valence-electron chi connectivity index (χ2n) is 4.22. The highest BCUT2D eigenvalue weighted by atomic mass is 19.1. The SMILES string of the molecule is O=C(CCCNc1cccc(F)n1)NC1CC1. The van der Waals surface area contributed by atoms with Crippen LogP contribution in [0.4, 0.5) is 10.2 Å². The first-order valence-corrected chi connectivity index (χ1v) is 5.90. The molecule has 1 fully saturated rings. The van der Waals surface area contributed by atoms with E-state index in [0.717, 1.165) is 19.3 Å². The van der Waals surface area contributed by atoms with Crippen molar-refractivity contribution in [2.75, 3.05) is 11.9 Å². The first-order valence-electron chi connectivity index (χ1n) is 5.90. The largest absolute Gasteiger partial charge is 0.370 e. The average molecular weight is 237 g/mol. The third-order valence-corrected chi connectivity index (χ3v) is 2.54. The van der Waals surface area contributed by atoms with Gasteiger partial charge in [-0.2, -0.15) is 4.39 Å². The Kier molecular flexibility index (Phi) is 3.90. The molecule has 1 heterocycles. The number of hydrogen-bond donors (Lipinski definition) is 2. The van der Waals surface area contributed by atoms with Crippen LogP contribution < -0.4 is 10.6 Å². The topological polar surface area (TPSA) is 54.0 Å². The van der Waals surface area contributed by atoms with Crippen molar-refractivity contribution in [3.05, 3.63) is 24.1 Å². The molecule has 92 valence electrons. The lowest BCUT2D eigenvalue weighted by Gasteiger charge is -2.05. The van der Waals surface area contributed by atoms with Gasteiger partial charge in [0, 0.05) is 19.0 Å². The minimum Gasteiger partial charge on any atom is -0.370 e. The number of anilines is 1. The van der Waals surface area contributed by atoms with E-state index in [-0.39, 0.29) is 5.91 Å². The number of amides is 1. The predicted molar refractivity (Wildman–Crippen MR) is 63.1 cm³/mol. The molecule has 2 rings (SSSR count). The van der Waals surface area contributed by atoms with E-state index in [1.807, 2.05) is 0 Å². The molecular weight excluding hydrogens is 221 g/mol. The zero-order chi connectivity index (χ0) is 12.1. The minimum absolute atomic E-state index is 0.0986. The van der Waals surface area contributed by atoms with Crippen molar-refractivity contribution in [1.29, 1.82) is 0 Å². The molecule has 0 unspecified atom stereocenters. The zero-order valence-corrected chi connectivity index (χ0v) is 9.58. The number of hydrogen-bond acceptors (Lipinski definition) is 3. The van der Waals surface area contributed by atoms with Gasteiger partial charge >= 0.3 is 0 Å². The van der Waals surface area contributed by atoms with Gasteiger partial charge in [-0.05, 0) is 31.4 Å². The van der Waals surface area contributed by atoms with Crippen molar-refractivity contribution in [3.8, 4) is 0 Å². The van der Waals surface area contributed by atoms with Gasteiger partial charge in [0.05, 0.1) is 0 Å². The maximum atomic E-state index is 12.7. The fourth-order valence-corrected chi connectivity index (χ4v) is 1.50. The summed E-state index contributed by atoms with van der Waals surface area (Å²) < 4.78 is 12.7. The molecule has 1 aliphatic carbocycles. The number of rotatable bonds is 6. The summed E-state index contributed by atoms with van der Waals surface area (Å²) in [7, 11) is 0. The monoisotopic (exact) mass is 237 g/mol. The van der Waals surface area contributed by atoms with Gasteiger partial charge in [0.1, 0.15) is 5.82 Å². The van der Waals surface area contributed by atoms with Crippen LogP contribution >= 0.6 is 0 Å². The standard InChI is InChI=1S/C12H16FN3O/c13-10-3-1-4-11(16-10)14-8-2-5-12(17)15-9-6-7-9/h1,3-4,9H,2,5-8H2,(H,14,16)(H,15,17). The van der Waals surface area contributed by atoms with Crippen LogP contribution in [0.3, 0.4) is 0 Å². The van der Waals surface area contributed by atoms with Crippen molar-refractivity contribution in [1.82, 2.24) is 10.3 Å². The molecule has 0 saturated heterocycles. The van der Waals surface area contributed by atoms with Crippen LogP contribution in [-0.4, -0.2) is 23.5 Å². The Labute approximate surface area is 99.6 Å². The maximum absolute atomic E-state index is 12.7. The lowest BCUT2D eigenvalue weighted by atomic mass is 10.3. The molecule has 1 aromatic rings. The summed E-state index contributed by atoms with van der Waals surface area (Å²) in [4.78, 5) is 15.0. The summed E-state index contributed by atoms with van der Waals surface area (Å²) >= 11 is 0. The molecule has 17 heavy (non-hydrogen) atoms. The summed E-state index contributed by atoms with van der Waals surface area (Å²) in [6.07, 6.45) is 3.43. The first kappa shape index (κ1) is 11.8. The number of halogens is 1. The Morgan fingerprint density at radius 3 is 3.00 bits per heavy atom. The molecule has 0 bridgehead atoms. The highest BCUT2D eigenvalue weighted by molar-refractivity contribution is 5.76. The number of carbonyl (C=O) groups is 1. The fourth-order valence-electron chi connectivity index (χ4n) is 1.50. The maximum Gasteiger partial charge on any atom is 0.220 e. The first-order chi connectivity index (χ1) is 8.24. The quantitative estimate of drug-likeness (QED) is 0.584. The van der Waals surface area contributed by atoms with Crippen LogP contribution in [0.5, 0.6) is 0 Å². The normalized spacial score (nSPS) is 14.4. The summed E-state index contributed by atoms with van der Waals surface area (Å²) in [6.45, 7) is 0.620. The van der Waals surface area contributed by atoms with Crippen molar-refractivity contribution in [2.45, 2.75) is 31.7 Å². The molecule has 0 spiro atoms. The molecule has 2 N–H and O–H groups in total.